The molecule has 1 heterocycles. The lowest BCUT2D eigenvalue weighted by atomic mass is 10.3. The van der Waals surface area contributed by atoms with Crippen molar-refractivity contribution < 1.29 is 4.79 Å². The second kappa shape index (κ2) is 5.30. The quantitative estimate of drug-likeness (QED) is 0.671. The van der Waals surface area contributed by atoms with Gasteiger partial charge in [-0.25, -0.2) is 4.79 Å². The van der Waals surface area contributed by atoms with Gasteiger partial charge in [0.05, 0.1) is 0 Å². The van der Waals surface area contributed by atoms with Gasteiger partial charge in [-0.05, 0) is 24.9 Å². The fraction of sp³-hybridized carbons (Fsp3) is 0.875. The zero-order chi connectivity index (χ0) is 8.81. The molecule has 0 unspecified atom stereocenters. The second-order valence-corrected chi connectivity index (χ2v) is 3.90. The highest BCUT2D eigenvalue weighted by molar-refractivity contribution is 7.98. The summed E-state index contributed by atoms with van der Waals surface area (Å²) in [5.41, 5.74) is 0. The summed E-state index contributed by atoms with van der Waals surface area (Å²) < 4.78 is 0. The van der Waals surface area contributed by atoms with Gasteiger partial charge in [0, 0.05) is 19.6 Å². The van der Waals surface area contributed by atoms with E-state index in [-0.39, 0.29) is 6.03 Å². The normalized spacial score (nSPS) is 17.8. The molecule has 1 fully saturated rings. The van der Waals surface area contributed by atoms with Crippen LogP contribution in [0.25, 0.3) is 0 Å². The molecule has 1 saturated heterocycles. The molecular formula is C8H16N2OS. The largest absolute Gasteiger partial charge is 0.338 e. The molecule has 4 heteroatoms. The first-order valence-corrected chi connectivity index (χ1v) is 5.75. The first-order valence-electron chi connectivity index (χ1n) is 4.36. The van der Waals surface area contributed by atoms with Gasteiger partial charge in [0.15, 0.2) is 0 Å². The first-order chi connectivity index (χ1) is 5.84. The molecule has 0 aromatic heterocycles. The van der Waals surface area contributed by atoms with Gasteiger partial charge in [0.25, 0.3) is 0 Å². The summed E-state index contributed by atoms with van der Waals surface area (Å²) in [7, 11) is 0. The van der Waals surface area contributed by atoms with Crippen LogP contribution in [0, 0.1) is 0 Å². The summed E-state index contributed by atoms with van der Waals surface area (Å²) in [6, 6.07) is 0.113. The number of nitrogens with zero attached hydrogens (tertiary/aromatic N) is 1. The van der Waals surface area contributed by atoms with Gasteiger partial charge in [-0.2, -0.15) is 11.8 Å². The molecule has 0 aromatic rings. The standard InChI is InChI=1S/C8H16N2OS/c1-12-7-3-6-10-5-2-4-9-8(10)11/h2-7H2,1H3,(H,9,11). The van der Waals surface area contributed by atoms with Crippen molar-refractivity contribution in [3.8, 4) is 0 Å². The zero-order valence-corrected chi connectivity index (χ0v) is 8.32. The van der Waals surface area contributed by atoms with Crippen LogP contribution in [0.15, 0.2) is 0 Å². The topological polar surface area (TPSA) is 32.3 Å². The number of carbonyl (C=O) groups is 1. The lowest BCUT2D eigenvalue weighted by Crippen LogP contribution is -2.46. The SMILES string of the molecule is CSCCCN1CCCNC1=O. The molecule has 1 aliphatic heterocycles. The summed E-state index contributed by atoms with van der Waals surface area (Å²) in [6.45, 7) is 2.69. The molecule has 1 aliphatic rings. The third-order valence-corrected chi connectivity index (χ3v) is 2.64. The number of nitrogens with one attached hydrogen (secondary N) is 1. The molecule has 1 N–H and O–H groups in total. The van der Waals surface area contributed by atoms with Crippen LogP contribution in [0.5, 0.6) is 0 Å². The molecule has 0 saturated carbocycles. The maximum absolute atomic E-state index is 11.2. The minimum atomic E-state index is 0.113. The summed E-state index contributed by atoms with van der Waals surface area (Å²) in [5, 5.41) is 2.84. The smallest absolute Gasteiger partial charge is 0.317 e. The Morgan fingerprint density at radius 1 is 1.67 bits per heavy atom. The number of hydrogen-bond acceptors (Lipinski definition) is 2. The van der Waals surface area contributed by atoms with Crippen LogP contribution < -0.4 is 5.32 Å². The number of thioether (sulfide) groups is 1. The van der Waals surface area contributed by atoms with Crippen molar-refractivity contribution in [3.05, 3.63) is 0 Å². The maximum Gasteiger partial charge on any atom is 0.317 e. The van der Waals surface area contributed by atoms with Gasteiger partial charge in [0.1, 0.15) is 0 Å². The lowest BCUT2D eigenvalue weighted by Gasteiger charge is -2.27. The van der Waals surface area contributed by atoms with Crippen molar-refractivity contribution in [2.45, 2.75) is 12.8 Å². The van der Waals surface area contributed by atoms with E-state index in [1.54, 1.807) is 0 Å². The van der Waals surface area contributed by atoms with Crippen molar-refractivity contribution in [1.82, 2.24) is 10.2 Å². The van der Waals surface area contributed by atoms with Crippen molar-refractivity contribution in [2.75, 3.05) is 31.6 Å². The fourth-order valence-electron chi connectivity index (χ4n) is 1.29. The van der Waals surface area contributed by atoms with Crippen molar-refractivity contribution in [3.63, 3.8) is 0 Å². The van der Waals surface area contributed by atoms with E-state index in [0.29, 0.717) is 0 Å². The van der Waals surface area contributed by atoms with E-state index in [1.165, 1.54) is 0 Å². The van der Waals surface area contributed by atoms with Gasteiger partial charge in [-0.1, -0.05) is 0 Å². The van der Waals surface area contributed by atoms with Crippen LogP contribution in [-0.4, -0.2) is 42.6 Å². The Morgan fingerprint density at radius 3 is 3.17 bits per heavy atom. The number of urea groups is 1. The highest BCUT2D eigenvalue weighted by Gasteiger charge is 2.15. The molecule has 0 atom stereocenters. The lowest BCUT2D eigenvalue weighted by molar-refractivity contribution is 0.186. The molecule has 0 radical (unpaired) electrons. The second-order valence-electron chi connectivity index (χ2n) is 2.92. The van der Waals surface area contributed by atoms with Gasteiger partial charge in [0.2, 0.25) is 0 Å². The Hall–Kier alpha value is -0.380. The molecule has 3 nitrogen and oxygen atoms in total. The Bertz CT molecular complexity index is 152. The van der Waals surface area contributed by atoms with Crippen LogP contribution in [0.3, 0.4) is 0 Å². The molecule has 70 valence electrons. The Kier molecular flexibility index (Phi) is 4.29. The Labute approximate surface area is 77.9 Å². The van der Waals surface area contributed by atoms with Gasteiger partial charge in [-0.3, -0.25) is 0 Å². The molecule has 2 amide bonds. The molecular weight excluding hydrogens is 172 g/mol. The van der Waals surface area contributed by atoms with Gasteiger partial charge in [-0.15, -0.1) is 0 Å². The van der Waals surface area contributed by atoms with Crippen molar-refractivity contribution in [2.24, 2.45) is 0 Å². The molecule has 1 rings (SSSR count). The third-order valence-electron chi connectivity index (χ3n) is 1.94. The zero-order valence-electron chi connectivity index (χ0n) is 7.51. The van der Waals surface area contributed by atoms with E-state index >= 15 is 0 Å². The molecule has 0 spiro atoms. The van der Waals surface area contributed by atoms with Crippen LogP contribution in [0.1, 0.15) is 12.8 Å². The summed E-state index contributed by atoms with van der Waals surface area (Å²) >= 11 is 1.83. The summed E-state index contributed by atoms with van der Waals surface area (Å²) in [5.74, 6) is 1.14. The Morgan fingerprint density at radius 2 is 2.50 bits per heavy atom. The number of rotatable bonds is 4. The van der Waals surface area contributed by atoms with Crippen molar-refractivity contribution in [1.29, 1.82) is 0 Å². The van der Waals surface area contributed by atoms with Crippen LogP contribution in [-0.2, 0) is 0 Å². The highest BCUT2D eigenvalue weighted by atomic mass is 32.2. The summed E-state index contributed by atoms with van der Waals surface area (Å²) in [4.78, 5) is 13.1. The Balaban J connectivity index is 2.16. The van der Waals surface area contributed by atoms with Crippen LogP contribution in [0.2, 0.25) is 0 Å². The minimum absolute atomic E-state index is 0.113. The predicted molar refractivity (Wildman–Crippen MR) is 52.6 cm³/mol. The summed E-state index contributed by atoms with van der Waals surface area (Å²) in [6.07, 6.45) is 4.29. The van der Waals surface area contributed by atoms with Gasteiger partial charge >= 0.3 is 6.03 Å². The first kappa shape index (κ1) is 9.71. The maximum atomic E-state index is 11.2. The molecule has 0 aliphatic carbocycles. The average Bonchev–Trinajstić information content (AvgIpc) is 2.09. The third kappa shape index (κ3) is 2.93. The number of carbonyl (C=O) groups excluding carboxylic acids is 1. The van der Waals surface area contributed by atoms with E-state index in [1.807, 2.05) is 16.7 Å². The molecule has 12 heavy (non-hydrogen) atoms. The average molecular weight is 188 g/mol. The van der Waals surface area contributed by atoms with Gasteiger partial charge < -0.3 is 10.2 Å². The van der Waals surface area contributed by atoms with E-state index < -0.39 is 0 Å². The van der Waals surface area contributed by atoms with E-state index in [2.05, 4.69) is 11.6 Å². The van der Waals surface area contributed by atoms with Crippen LogP contribution >= 0.6 is 11.8 Å². The predicted octanol–water partition coefficient (Wildman–Crippen LogP) is 1.15. The van der Waals surface area contributed by atoms with Crippen LogP contribution in [0.4, 0.5) is 4.79 Å². The minimum Gasteiger partial charge on any atom is -0.338 e. The number of hydrogen-bond donors (Lipinski definition) is 1. The van der Waals surface area contributed by atoms with Crippen molar-refractivity contribution >= 4 is 17.8 Å². The van der Waals surface area contributed by atoms with E-state index in [4.69, 9.17) is 0 Å². The highest BCUT2D eigenvalue weighted by Crippen LogP contribution is 2.02. The van der Waals surface area contributed by atoms with E-state index in [0.717, 1.165) is 38.2 Å². The molecule has 0 bridgehead atoms. The van der Waals surface area contributed by atoms with E-state index in [9.17, 15) is 4.79 Å². The molecule has 0 aromatic carbocycles. The monoisotopic (exact) mass is 188 g/mol. The number of amides is 2. The fourth-order valence-corrected chi connectivity index (χ4v) is 1.71.